The fourth-order valence-electron chi connectivity index (χ4n) is 4.17. The van der Waals surface area contributed by atoms with Crippen LogP contribution in [-0.4, -0.2) is 23.5 Å². The second-order valence-electron chi connectivity index (χ2n) is 8.78. The zero-order chi connectivity index (χ0) is 15.9. The van der Waals surface area contributed by atoms with Crippen LogP contribution in [0.2, 0.25) is 0 Å². The summed E-state index contributed by atoms with van der Waals surface area (Å²) in [6.07, 6.45) is 12.6. The van der Waals surface area contributed by atoms with Gasteiger partial charge in [-0.1, -0.05) is 66.2 Å². The van der Waals surface area contributed by atoms with Crippen LogP contribution in [-0.2, 0) is 0 Å². The van der Waals surface area contributed by atoms with E-state index in [1.54, 1.807) is 0 Å². The van der Waals surface area contributed by atoms with E-state index in [1.807, 2.05) is 0 Å². The highest BCUT2D eigenvalue weighted by atomic mass is 15.2. The second-order valence-corrected chi connectivity index (χ2v) is 8.78. The van der Waals surface area contributed by atoms with E-state index in [0.29, 0.717) is 11.0 Å². The topological polar surface area (TPSA) is 3.24 Å². The van der Waals surface area contributed by atoms with Crippen molar-refractivity contribution < 1.29 is 0 Å². The van der Waals surface area contributed by atoms with Crippen LogP contribution in [0, 0.1) is 11.3 Å². The molecule has 21 heavy (non-hydrogen) atoms. The fourth-order valence-corrected chi connectivity index (χ4v) is 4.17. The van der Waals surface area contributed by atoms with E-state index in [4.69, 9.17) is 0 Å². The van der Waals surface area contributed by atoms with Crippen LogP contribution in [0.4, 0.5) is 0 Å². The fraction of sp³-hybridized carbons (Fsp3) is 1.00. The molecule has 1 heterocycles. The Balaban J connectivity index is 2.48. The molecule has 1 aliphatic rings. The first-order chi connectivity index (χ1) is 9.79. The van der Waals surface area contributed by atoms with Gasteiger partial charge in [-0.15, -0.1) is 0 Å². The zero-order valence-electron chi connectivity index (χ0n) is 15.8. The van der Waals surface area contributed by atoms with Crippen LogP contribution in [0.15, 0.2) is 0 Å². The lowest BCUT2D eigenvalue weighted by atomic mass is 9.69. The number of rotatable bonds is 9. The maximum atomic E-state index is 2.75. The molecule has 0 aromatic heterocycles. The smallest absolute Gasteiger partial charge is 0.0158 e. The molecular weight excluding hydrogens is 254 g/mol. The predicted molar refractivity (Wildman–Crippen MR) is 95.8 cm³/mol. The van der Waals surface area contributed by atoms with Gasteiger partial charge in [0.15, 0.2) is 0 Å². The Morgan fingerprint density at radius 3 is 2.10 bits per heavy atom. The Kier molecular flexibility index (Phi) is 7.74. The van der Waals surface area contributed by atoms with Gasteiger partial charge in [0.2, 0.25) is 0 Å². The summed E-state index contributed by atoms with van der Waals surface area (Å²) in [4.78, 5) is 2.75. The van der Waals surface area contributed by atoms with E-state index in [1.165, 1.54) is 70.9 Å². The van der Waals surface area contributed by atoms with Crippen molar-refractivity contribution in [1.29, 1.82) is 0 Å². The molecule has 1 aliphatic heterocycles. The third kappa shape index (κ3) is 6.30. The lowest BCUT2D eigenvalue weighted by Gasteiger charge is -2.47. The first-order valence-corrected chi connectivity index (χ1v) is 9.54. The molecule has 1 saturated heterocycles. The molecule has 0 aromatic carbocycles. The molecule has 1 unspecified atom stereocenters. The van der Waals surface area contributed by atoms with Crippen molar-refractivity contribution in [3.05, 3.63) is 0 Å². The normalized spacial score (nSPS) is 19.7. The van der Waals surface area contributed by atoms with Crippen molar-refractivity contribution in [3.8, 4) is 0 Å². The molecule has 1 heteroatoms. The van der Waals surface area contributed by atoms with Crippen molar-refractivity contribution in [2.45, 2.75) is 105 Å². The van der Waals surface area contributed by atoms with Gasteiger partial charge in [-0.05, 0) is 57.5 Å². The van der Waals surface area contributed by atoms with Crippen molar-refractivity contribution in [2.24, 2.45) is 11.3 Å². The van der Waals surface area contributed by atoms with Gasteiger partial charge in [-0.3, -0.25) is 4.90 Å². The summed E-state index contributed by atoms with van der Waals surface area (Å²) >= 11 is 0. The van der Waals surface area contributed by atoms with Crippen LogP contribution in [0.25, 0.3) is 0 Å². The first kappa shape index (κ1) is 19.0. The quantitative estimate of drug-likeness (QED) is 0.453. The van der Waals surface area contributed by atoms with Gasteiger partial charge in [-0.25, -0.2) is 0 Å². The average molecular weight is 296 g/mol. The summed E-state index contributed by atoms with van der Waals surface area (Å²) in [6.45, 7) is 17.4. The number of nitrogens with zero attached hydrogens (tertiary/aromatic N) is 1. The summed E-state index contributed by atoms with van der Waals surface area (Å²) in [5.41, 5.74) is 0.814. The molecule has 0 aromatic rings. The van der Waals surface area contributed by atoms with E-state index >= 15 is 0 Å². The molecule has 0 N–H and O–H groups in total. The molecule has 0 radical (unpaired) electrons. The third-order valence-electron chi connectivity index (χ3n) is 5.93. The Morgan fingerprint density at radius 2 is 1.52 bits per heavy atom. The maximum absolute atomic E-state index is 2.75. The maximum Gasteiger partial charge on any atom is 0.0158 e. The monoisotopic (exact) mass is 295 g/mol. The highest BCUT2D eigenvalue weighted by Gasteiger charge is 2.36. The summed E-state index contributed by atoms with van der Waals surface area (Å²) < 4.78 is 0. The number of piperidine rings is 1. The number of unbranched alkanes of at least 4 members (excludes halogenated alkanes) is 3. The number of likely N-dealkylation sites (tertiary alicyclic amines) is 1. The van der Waals surface area contributed by atoms with Crippen LogP contribution < -0.4 is 0 Å². The number of hydrogen-bond donors (Lipinski definition) is 0. The lowest BCUT2D eigenvalue weighted by molar-refractivity contribution is 0.0350. The van der Waals surface area contributed by atoms with Crippen LogP contribution in [0.1, 0.15) is 99.3 Å². The van der Waals surface area contributed by atoms with E-state index in [0.717, 1.165) is 5.92 Å². The second kappa shape index (κ2) is 8.56. The van der Waals surface area contributed by atoms with Crippen molar-refractivity contribution in [1.82, 2.24) is 4.90 Å². The molecule has 1 fully saturated rings. The van der Waals surface area contributed by atoms with Crippen LogP contribution in [0.5, 0.6) is 0 Å². The summed E-state index contributed by atoms with van der Waals surface area (Å²) in [7, 11) is 0. The summed E-state index contributed by atoms with van der Waals surface area (Å²) in [6, 6.07) is 0. The van der Waals surface area contributed by atoms with Crippen LogP contribution >= 0.6 is 0 Å². The molecule has 1 rings (SSSR count). The SMILES string of the molecule is CCCCCCC(C)C(C)(C)CC(C)(C)N1CCCCC1. The molecule has 1 atom stereocenters. The van der Waals surface area contributed by atoms with Crippen molar-refractivity contribution in [3.63, 3.8) is 0 Å². The minimum absolute atomic E-state index is 0.363. The predicted octanol–water partition coefficient (Wildman–Crippen LogP) is 6.27. The molecular formula is C20H41N. The largest absolute Gasteiger partial charge is 0.298 e. The molecule has 0 bridgehead atoms. The van der Waals surface area contributed by atoms with Gasteiger partial charge in [0.25, 0.3) is 0 Å². The van der Waals surface area contributed by atoms with Gasteiger partial charge in [0, 0.05) is 5.54 Å². The molecule has 0 spiro atoms. The molecule has 1 nitrogen and oxygen atoms in total. The van der Waals surface area contributed by atoms with Gasteiger partial charge in [0.05, 0.1) is 0 Å². The standard InChI is InChI=1S/C20H41N/c1-7-8-9-11-14-18(2)19(3,4)17-20(5,6)21-15-12-10-13-16-21/h18H,7-17H2,1-6H3. The molecule has 0 saturated carbocycles. The van der Waals surface area contributed by atoms with Crippen LogP contribution in [0.3, 0.4) is 0 Å². The zero-order valence-corrected chi connectivity index (χ0v) is 15.8. The van der Waals surface area contributed by atoms with Gasteiger partial charge >= 0.3 is 0 Å². The Bertz CT molecular complexity index is 274. The Morgan fingerprint density at radius 1 is 0.905 bits per heavy atom. The summed E-state index contributed by atoms with van der Waals surface area (Å²) in [5.74, 6) is 0.832. The highest BCUT2D eigenvalue weighted by molar-refractivity contribution is 4.90. The minimum atomic E-state index is 0.363. The van der Waals surface area contributed by atoms with E-state index in [2.05, 4.69) is 46.4 Å². The Labute approximate surface area is 134 Å². The van der Waals surface area contributed by atoms with Crippen molar-refractivity contribution >= 4 is 0 Å². The Hall–Kier alpha value is -0.0400. The first-order valence-electron chi connectivity index (χ1n) is 9.54. The minimum Gasteiger partial charge on any atom is -0.298 e. The van der Waals surface area contributed by atoms with Gasteiger partial charge in [-0.2, -0.15) is 0 Å². The average Bonchev–Trinajstić information content (AvgIpc) is 2.43. The number of hydrogen-bond acceptors (Lipinski definition) is 1. The van der Waals surface area contributed by atoms with E-state index < -0.39 is 0 Å². The van der Waals surface area contributed by atoms with E-state index in [-0.39, 0.29) is 0 Å². The molecule has 0 amide bonds. The van der Waals surface area contributed by atoms with E-state index in [9.17, 15) is 0 Å². The molecule has 126 valence electrons. The molecule has 0 aliphatic carbocycles. The van der Waals surface area contributed by atoms with Crippen molar-refractivity contribution in [2.75, 3.05) is 13.1 Å². The lowest BCUT2D eigenvalue weighted by Crippen LogP contribution is -2.49. The van der Waals surface area contributed by atoms with Gasteiger partial charge < -0.3 is 0 Å². The third-order valence-corrected chi connectivity index (χ3v) is 5.93. The highest BCUT2D eigenvalue weighted by Crippen LogP contribution is 2.40. The summed E-state index contributed by atoms with van der Waals surface area (Å²) in [5, 5.41) is 0. The van der Waals surface area contributed by atoms with Gasteiger partial charge in [0.1, 0.15) is 0 Å².